The Bertz CT molecular complexity index is 161. The van der Waals surface area contributed by atoms with E-state index in [2.05, 4.69) is 4.99 Å². The van der Waals surface area contributed by atoms with Crippen LogP contribution < -0.4 is 62.2 Å². The number of amidine groups is 1. The fourth-order valence-electron chi connectivity index (χ4n) is 1.01. The number of rotatable bonds is 3. The molecule has 0 saturated carbocycles. The summed E-state index contributed by atoms with van der Waals surface area (Å²) in [7, 11) is 0. The summed E-state index contributed by atoms with van der Waals surface area (Å²) in [5.74, 6) is 0. The normalized spacial score (nSPS) is 23.8. The van der Waals surface area contributed by atoms with Crippen LogP contribution in [0.25, 0.3) is 0 Å². The maximum Gasteiger partial charge on any atom is 1.00 e. The van der Waals surface area contributed by atoms with Crippen molar-refractivity contribution in [2.24, 2.45) is 10.7 Å². The molecule has 1 rings (SSSR count). The number of ether oxygens (including phenoxy) is 1. The first-order valence-electron chi connectivity index (χ1n) is 3.80. The first kappa shape index (κ1) is 12.9. The molecule has 0 fully saturated rings. The van der Waals surface area contributed by atoms with Gasteiger partial charge in [-0.05, 0) is 6.42 Å². The summed E-state index contributed by atoms with van der Waals surface area (Å²) in [4.78, 5) is 3.99. The van der Waals surface area contributed by atoms with Gasteiger partial charge in [-0.1, -0.05) is 13.3 Å². The van der Waals surface area contributed by atoms with Gasteiger partial charge in [-0.2, -0.15) is 0 Å². The fourth-order valence-corrected chi connectivity index (χ4v) is 1.01. The van der Waals surface area contributed by atoms with Gasteiger partial charge in [0.25, 0.3) is 6.02 Å². The fraction of sp³-hybridized carbons (Fsp3) is 0.857. The number of nitrogens with two attached hydrogens (primary N) is 1. The van der Waals surface area contributed by atoms with E-state index >= 15 is 0 Å². The second-order valence-electron chi connectivity index (χ2n) is 2.82. The number of hydrogen-bond donors (Lipinski definition) is 1. The molecule has 0 saturated heterocycles. The minimum absolute atomic E-state index is 0. The summed E-state index contributed by atoms with van der Waals surface area (Å²) in [5, 5.41) is 10.6. The second-order valence-corrected chi connectivity index (χ2v) is 2.82. The minimum Gasteiger partial charge on any atom is -0.852 e. The summed E-state index contributed by atoms with van der Waals surface area (Å²) in [6.45, 7) is 2.20. The molecule has 0 spiro atoms. The maximum atomic E-state index is 10.6. The summed E-state index contributed by atoms with van der Waals surface area (Å²) in [6.07, 6.45) is 0.919. The predicted molar refractivity (Wildman–Crippen MR) is 40.1 cm³/mol. The van der Waals surface area contributed by atoms with Gasteiger partial charge in [-0.15, -0.1) is 6.10 Å². The maximum absolute atomic E-state index is 10.6. The molecule has 0 aromatic carbocycles. The van der Waals surface area contributed by atoms with Crippen molar-refractivity contribution in [3.05, 3.63) is 0 Å². The van der Waals surface area contributed by atoms with Crippen molar-refractivity contribution in [1.29, 1.82) is 0 Å². The Morgan fingerprint density at radius 1 is 1.83 bits per heavy atom. The Hall–Kier alpha value is 0.866. The number of nitrogens with zero attached hydrogens (tertiary/aromatic N) is 1. The summed E-state index contributed by atoms with van der Waals surface area (Å²) in [5.41, 5.74) is 5.28. The Morgan fingerprint density at radius 2 is 2.50 bits per heavy atom. The van der Waals surface area contributed by atoms with Gasteiger partial charge < -0.3 is 15.6 Å². The van der Waals surface area contributed by atoms with Gasteiger partial charge >= 0.3 is 51.4 Å². The molecule has 0 bridgehead atoms. The molecule has 1 heterocycles. The largest absolute Gasteiger partial charge is 1.00 e. The first-order valence-corrected chi connectivity index (χ1v) is 3.80. The smallest absolute Gasteiger partial charge is 0.852 e. The van der Waals surface area contributed by atoms with Crippen molar-refractivity contribution >= 4 is 6.02 Å². The van der Waals surface area contributed by atoms with E-state index in [1.165, 1.54) is 0 Å². The Kier molecular flexibility index (Phi) is 6.80. The zero-order valence-electron chi connectivity index (χ0n) is 7.62. The van der Waals surface area contributed by atoms with E-state index in [1.807, 2.05) is 0 Å². The summed E-state index contributed by atoms with van der Waals surface area (Å²) < 4.78 is 4.92. The molecule has 2 N–H and O–H groups in total. The van der Waals surface area contributed by atoms with E-state index in [4.69, 9.17) is 10.5 Å². The Morgan fingerprint density at radius 3 is 2.92 bits per heavy atom. The molecule has 0 aliphatic carbocycles. The van der Waals surface area contributed by atoms with Crippen LogP contribution in [0.1, 0.15) is 19.8 Å². The van der Waals surface area contributed by atoms with Gasteiger partial charge in [0, 0.05) is 0 Å². The van der Waals surface area contributed by atoms with Crippen molar-refractivity contribution in [3.63, 3.8) is 0 Å². The molecular formula is C7H13KN2O2. The van der Waals surface area contributed by atoms with Crippen molar-refractivity contribution in [2.75, 3.05) is 6.61 Å². The van der Waals surface area contributed by atoms with E-state index in [0.29, 0.717) is 13.0 Å². The third-order valence-electron chi connectivity index (χ3n) is 1.64. The van der Waals surface area contributed by atoms with Gasteiger partial charge in [0.1, 0.15) is 6.61 Å². The van der Waals surface area contributed by atoms with Crippen molar-refractivity contribution < 1.29 is 61.2 Å². The molecule has 5 heteroatoms. The molecule has 0 radical (unpaired) electrons. The Balaban J connectivity index is 0.00000121. The molecule has 12 heavy (non-hydrogen) atoms. The van der Waals surface area contributed by atoms with E-state index < -0.39 is 6.10 Å². The van der Waals surface area contributed by atoms with Crippen LogP contribution in [0.4, 0.5) is 0 Å². The first-order chi connectivity index (χ1) is 5.18. The molecule has 2 unspecified atom stereocenters. The van der Waals surface area contributed by atoms with Crippen LogP contribution in [-0.4, -0.2) is 24.8 Å². The number of hydrogen-bond acceptors (Lipinski definition) is 4. The van der Waals surface area contributed by atoms with Crippen LogP contribution in [0.3, 0.4) is 0 Å². The second kappa shape index (κ2) is 6.34. The molecule has 2 atom stereocenters. The quantitative estimate of drug-likeness (QED) is 0.471. The number of aliphatic imine (C=N–C) groups is 1. The third kappa shape index (κ3) is 4.79. The zero-order chi connectivity index (χ0) is 8.27. The molecule has 4 nitrogen and oxygen atoms in total. The Labute approximate surface area is 115 Å². The molecule has 64 valence electrons. The monoisotopic (exact) mass is 196 g/mol. The molecular weight excluding hydrogens is 183 g/mol. The van der Waals surface area contributed by atoms with Crippen molar-refractivity contribution in [3.8, 4) is 0 Å². The summed E-state index contributed by atoms with van der Waals surface area (Å²) >= 11 is 0. The molecule has 0 amide bonds. The van der Waals surface area contributed by atoms with Crippen molar-refractivity contribution in [1.82, 2.24) is 0 Å². The average molecular weight is 196 g/mol. The average Bonchev–Trinajstić information content (AvgIpc) is 2.31. The van der Waals surface area contributed by atoms with Crippen LogP contribution in [0.15, 0.2) is 4.99 Å². The topological polar surface area (TPSA) is 70.7 Å². The molecule has 0 aromatic rings. The van der Waals surface area contributed by atoms with Gasteiger partial charge in [-0.3, -0.25) is 0 Å². The van der Waals surface area contributed by atoms with E-state index in [0.717, 1.165) is 6.42 Å². The van der Waals surface area contributed by atoms with Crippen LogP contribution >= 0.6 is 0 Å². The van der Waals surface area contributed by atoms with Crippen LogP contribution in [0, 0.1) is 0 Å². The SMILES string of the molecule is CC([O-])CCC1COC(N)=N1.[K+]. The molecule has 0 aromatic heterocycles. The molecule has 1 aliphatic rings. The minimum atomic E-state index is -0.507. The standard InChI is InChI=1S/C7H13N2O2.K/c1-5(10)2-3-6-4-11-7(8)9-6;/h5-6H,2-4H2,1H3,(H2,8,9);/q-1;+1. The third-order valence-corrected chi connectivity index (χ3v) is 1.64. The van der Waals surface area contributed by atoms with E-state index in [-0.39, 0.29) is 63.4 Å². The van der Waals surface area contributed by atoms with Gasteiger partial charge in [-0.25, -0.2) is 4.99 Å². The molecule has 1 aliphatic heterocycles. The van der Waals surface area contributed by atoms with Crippen LogP contribution in [-0.2, 0) is 4.74 Å². The summed E-state index contributed by atoms with van der Waals surface area (Å²) in [6, 6.07) is 0.375. The van der Waals surface area contributed by atoms with Crippen LogP contribution in [0.2, 0.25) is 0 Å². The van der Waals surface area contributed by atoms with Crippen molar-refractivity contribution in [2.45, 2.75) is 31.9 Å². The zero-order valence-corrected chi connectivity index (χ0v) is 10.7. The van der Waals surface area contributed by atoms with Gasteiger partial charge in [0.05, 0.1) is 6.04 Å². The van der Waals surface area contributed by atoms with Crippen LogP contribution in [0.5, 0.6) is 0 Å². The van der Waals surface area contributed by atoms with Gasteiger partial charge in [0.15, 0.2) is 0 Å². The van der Waals surface area contributed by atoms with Gasteiger partial charge in [0.2, 0.25) is 0 Å². The van der Waals surface area contributed by atoms with E-state index in [1.54, 1.807) is 6.92 Å². The predicted octanol–water partition coefficient (Wildman–Crippen LogP) is -3.77. The van der Waals surface area contributed by atoms with E-state index in [9.17, 15) is 5.11 Å².